The largest absolute Gasteiger partial charge is 0.330 e. The molecule has 0 spiro atoms. The van der Waals surface area contributed by atoms with Gasteiger partial charge in [-0.3, -0.25) is 14.5 Å². The Kier molecular flexibility index (Phi) is 5.97. The van der Waals surface area contributed by atoms with E-state index in [-0.39, 0.29) is 18.4 Å². The zero-order valence-electron chi connectivity index (χ0n) is 14.8. The minimum absolute atomic E-state index is 0.0486. The molecule has 0 unspecified atom stereocenters. The number of hydrogen-bond donors (Lipinski definition) is 0. The topological polar surface area (TPSA) is 43.9 Å². The Morgan fingerprint density at radius 1 is 1.24 bits per heavy atom. The highest BCUT2D eigenvalue weighted by molar-refractivity contribution is 6.30. The highest BCUT2D eigenvalue weighted by atomic mass is 35.5. The SMILES string of the molecule is CC[C@@H]1CCCCN1CC(=O)N1CCN(c2cccc(Cl)c2)C(=O)C1. The predicted molar refractivity (Wildman–Crippen MR) is 99.9 cm³/mol. The van der Waals surface area contributed by atoms with Crippen LogP contribution in [0.5, 0.6) is 0 Å². The normalized spacial score (nSPS) is 22.3. The fourth-order valence-corrected chi connectivity index (χ4v) is 3.99. The van der Waals surface area contributed by atoms with Crippen molar-refractivity contribution >= 4 is 29.1 Å². The van der Waals surface area contributed by atoms with E-state index in [4.69, 9.17) is 11.6 Å². The van der Waals surface area contributed by atoms with Crippen LogP contribution < -0.4 is 4.90 Å². The van der Waals surface area contributed by atoms with E-state index in [0.717, 1.165) is 25.1 Å². The average molecular weight is 364 g/mol. The first kappa shape index (κ1) is 18.2. The summed E-state index contributed by atoms with van der Waals surface area (Å²) in [6.45, 7) is 4.84. The van der Waals surface area contributed by atoms with Gasteiger partial charge >= 0.3 is 0 Å². The summed E-state index contributed by atoms with van der Waals surface area (Å²) >= 11 is 6.02. The van der Waals surface area contributed by atoms with Gasteiger partial charge in [0.1, 0.15) is 6.54 Å². The molecule has 0 radical (unpaired) electrons. The lowest BCUT2D eigenvalue weighted by Crippen LogP contribution is -2.55. The van der Waals surface area contributed by atoms with Crippen LogP contribution in [0.1, 0.15) is 32.6 Å². The maximum Gasteiger partial charge on any atom is 0.246 e. The Morgan fingerprint density at radius 3 is 2.80 bits per heavy atom. The van der Waals surface area contributed by atoms with Gasteiger partial charge in [0.2, 0.25) is 11.8 Å². The lowest BCUT2D eigenvalue weighted by atomic mass is 10.00. The Bertz CT molecular complexity index is 637. The van der Waals surface area contributed by atoms with Crippen molar-refractivity contribution in [2.45, 2.75) is 38.6 Å². The van der Waals surface area contributed by atoms with E-state index in [1.807, 2.05) is 12.1 Å². The van der Waals surface area contributed by atoms with Gasteiger partial charge in [-0.15, -0.1) is 0 Å². The molecule has 6 heteroatoms. The van der Waals surface area contributed by atoms with Gasteiger partial charge in [0.25, 0.3) is 0 Å². The lowest BCUT2D eigenvalue weighted by Gasteiger charge is -2.38. The van der Waals surface area contributed by atoms with Crippen LogP contribution in [0.25, 0.3) is 0 Å². The molecule has 1 atom stereocenters. The summed E-state index contributed by atoms with van der Waals surface area (Å²) in [6, 6.07) is 7.79. The van der Waals surface area contributed by atoms with Crippen LogP contribution in [0.15, 0.2) is 24.3 Å². The highest BCUT2D eigenvalue weighted by Crippen LogP contribution is 2.22. The lowest BCUT2D eigenvalue weighted by molar-refractivity contribution is -0.138. The van der Waals surface area contributed by atoms with Gasteiger partial charge < -0.3 is 9.80 Å². The number of hydrogen-bond acceptors (Lipinski definition) is 3. The van der Waals surface area contributed by atoms with Crippen molar-refractivity contribution in [3.05, 3.63) is 29.3 Å². The predicted octanol–water partition coefficient (Wildman–Crippen LogP) is 2.78. The number of carbonyl (C=O) groups is 2. The summed E-state index contributed by atoms with van der Waals surface area (Å²) in [6.07, 6.45) is 4.66. The average Bonchev–Trinajstić information content (AvgIpc) is 2.62. The smallest absolute Gasteiger partial charge is 0.246 e. The van der Waals surface area contributed by atoms with E-state index in [2.05, 4.69) is 11.8 Å². The zero-order valence-corrected chi connectivity index (χ0v) is 15.5. The molecule has 2 amide bonds. The van der Waals surface area contributed by atoms with Crippen molar-refractivity contribution in [2.75, 3.05) is 37.6 Å². The third-order valence-electron chi connectivity index (χ3n) is 5.25. The minimum Gasteiger partial charge on any atom is -0.330 e. The summed E-state index contributed by atoms with van der Waals surface area (Å²) < 4.78 is 0. The molecule has 2 heterocycles. The molecule has 0 N–H and O–H groups in total. The van der Waals surface area contributed by atoms with E-state index >= 15 is 0 Å². The van der Waals surface area contributed by atoms with Gasteiger partial charge in [0.05, 0.1) is 6.54 Å². The van der Waals surface area contributed by atoms with Crippen LogP contribution in [-0.2, 0) is 9.59 Å². The van der Waals surface area contributed by atoms with Crippen molar-refractivity contribution in [1.82, 2.24) is 9.80 Å². The number of nitrogens with zero attached hydrogens (tertiary/aromatic N) is 3. The molecule has 0 bridgehead atoms. The third-order valence-corrected chi connectivity index (χ3v) is 5.49. The van der Waals surface area contributed by atoms with Gasteiger partial charge in [-0.25, -0.2) is 0 Å². The molecule has 2 aliphatic heterocycles. The number of halogens is 1. The summed E-state index contributed by atoms with van der Waals surface area (Å²) in [5.74, 6) is 0.0204. The van der Waals surface area contributed by atoms with Crippen molar-refractivity contribution < 1.29 is 9.59 Å². The standard InChI is InChI=1S/C19H26ClN3O2/c1-2-16-7-3-4-9-21(16)13-18(24)22-10-11-23(19(25)14-22)17-8-5-6-15(20)12-17/h5-6,8,12,16H,2-4,7,9-11,13-14H2,1H3/t16-/m1/s1. The molecular formula is C19H26ClN3O2. The highest BCUT2D eigenvalue weighted by Gasteiger charge is 2.30. The second-order valence-corrected chi connectivity index (χ2v) is 7.31. The van der Waals surface area contributed by atoms with E-state index < -0.39 is 0 Å². The van der Waals surface area contributed by atoms with E-state index in [9.17, 15) is 9.59 Å². The van der Waals surface area contributed by atoms with Crippen LogP contribution in [-0.4, -0.2) is 60.4 Å². The summed E-state index contributed by atoms with van der Waals surface area (Å²) in [7, 11) is 0. The van der Waals surface area contributed by atoms with Crippen molar-refractivity contribution in [3.63, 3.8) is 0 Å². The van der Waals surface area contributed by atoms with Crippen molar-refractivity contribution in [3.8, 4) is 0 Å². The van der Waals surface area contributed by atoms with Crippen LogP contribution in [0.4, 0.5) is 5.69 Å². The van der Waals surface area contributed by atoms with Crippen LogP contribution in [0, 0.1) is 0 Å². The van der Waals surface area contributed by atoms with Gasteiger partial charge in [-0.05, 0) is 44.0 Å². The number of rotatable bonds is 4. The summed E-state index contributed by atoms with van der Waals surface area (Å²) in [4.78, 5) is 30.9. The molecule has 2 fully saturated rings. The Balaban J connectivity index is 1.58. The van der Waals surface area contributed by atoms with Crippen LogP contribution >= 0.6 is 11.6 Å². The molecule has 2 aliphatic rings. The second-order valence-electron chi connectivity index (χ2n) is 6.87. The molecule has 136 valence electrons. The summed E-state index contributed by atoms with van der Waals surface area (Å²) in [5, 5.41) is 0.611. The number of anilines is 1. The quantitative estimate of drug-likeness (QED) is 0.826. The minimum atomic E-state index is -0.0486. The number of piperidine rings is 1. The molecule has 25 heavy (non-hydrogen) atoms. The van der Waals surface area contributed by atoms with Crippen molar-refractivity contribution in [2.24, 2.45) is 0 Å². The molecule has 0 saturated carbocycles. The number of likely N-dealkylation sites (tertiary alicyclic amines) is 1. The third kappa shape index (κ3) is 4.33. The van der Waals surface area contributed by atoms with Crippen LogP contribution in [0.2, 0.25) is 5.02 Å². The molecule has 1 aromatic carbocycles. The summed E-state index contributed by atoms with van der Waals surface area (Å²) in [5.41, 5.74) is 0.798. The molecule has 0 aliphatic carbocycles. The van der Waals surface area contributed by atoms with E-state index in [1.165, 1.54) is 12.8 Å². The molecular weight excluding hydrogens is 338 g/mol. The van der Waals surface area contributed by atoms with Gasteiger partial charge in [0, 0.05) is 29.8 Å². The second kappa shape index (κ2) is 8.19. The maximum atomic E-state index is 12.7. The Hall–Kier alpha value is -1.59. The molecule has 3 rings (SSSR count). The van der Waals surface area contributed by atoms with Crippen LogP contribution in [0.3, 0.4) is 0 Å². The van der Waals surface area contributed by atoms with E-state index in [0.29, 0.717) is 30.7 Å². The Labute approximate surface area is 154 Å². The molecule has 1 aromatic rings. The first-order valence-corrected chi connectivity index (χ1v) is 9.54. The molecule has 5 nitrogen and oxygen atoms in total. The first-order chi connectivity index (χ1) is 12.1. The van der Waals surface area contributed by atoms with E-state index in [1.54, 1.807) is 21.9 Å². The maximum absolute atomic E-state index is 12.7. The number of piperazine rings is 1. The molecule has 0 aromatic heterocycles. The first-order valence-electron chi connectivity index (χ1n) is 9.16. The fourth-order valence-electron chi connectivity index (χ4n) is 3.81. The monoisotopic (exact) mass is 363 g/mol. The number of benzene rings is 1. The number of carbonyl (C=O) groups excluding carboxylic acids is 2. The van der Waals surface area contributed by atoms with Gasteiger partial charge in [-0.2, -0.15) is 0 Å². The van der Waals surface area contributed by atoms with Gasteiger partial charge in [-0.1, -0.05) is 31.0 Å². The zero-order chi connectivity index (χ0) is 17.8. The Morgan fingerprint density at radius 2 is 2.08 bits per heavy atom. The number of amides is 2. The van der Waals surface area contributed by atoms with Gasteiger partial charge in [0.15, 0.2) is 0 Å². The fraction of sp³-hybridized carbons (Fsp3) is 0.579. The molecule has 2 saturated heterocycles. The van der Waals surface area contributed by atoms with Crippen molar-refractivity contribution in [1.29, 1.82) is 0 Å².